The number of rotatable bonds is 8. The van der Waals surface area contributed by atoms with E-state index in [-0.39, 0.29) is 11.6 Å². The summed E-state index contributed by atoms with van der Waals surface area (Å²) in [5.41, 5.74) is 5.90. The SMILES string of the molecule is CC(C)c1ccc(CCc2nc(N3CCCC3c3cccc(C(C)C)c3)ncc2C(=O)O)cc1. The van der Waals surface area contributed by atoms with Crippen LogP contribution in [0.2, 0.25) is 0 Å². The van der Waals surface area contributed by atoms with E-state index < -0.39 is 5.97 Å². The standard InChI is InChI=1S/C29H35N3O2/c1-19(2)22-13-10-21(11-14-22)12-15-26-25(28(33)34)18-30-29(31-26)32-16-6-9-27(32)24-8-5-7-23(17-24)20(3)4/h5,7-8,10-11,13-14,17-20,27H,6,9,12,15-16H2,1-4H3,(H,33,34). The lowest BCUT2D eigenvalue weighted by Crippen LogP contribution is -2.26. The summed E-state index contributed by atoms with van der Waals surface area (Å²) in [6, 6.07) is 17.6. The van der Waals surface area contributed by atoms with Gasteiger partial charge in [0.25, 0.3) is 0 Å². The maximum atomic E-state index is 11.9. The largest absolute Gasteiger partial charge is 0.478 e. The third-order valence-corrected chi connectivity index (χ3v) is 6.85. The van der Waals surface area contributed by atoms with Crippen molar-refractivity contribution in [2.45, 2.75) is 71.3 Å². The van der Waals surface area contributed by atoms with E-state index in [2.05, 4.69) is 86.1 Å². The number of aromatic carboxylic acids is 1. The van der Waals surface area contributed by atoms with Gasteiger partial charge in [-0.15, -0.1) is 0 Å². The predicted molar refractivity (Wildman–Crippen MR) is 137 cm³/mol. The van der Waals surface area contributed by atoms with Gasteiger partial charge in [-0.25, -0.2) is 14.8 Å². The number of anilines is 1. The van der Waals surface area contributed by atoms with Crippen LogP contribution in [-0.4, -0.2) is 27.6 Å². The van der Waals surface area contributed by atoms with Crippen LogP contribution in [0.25, 0.3) is 0 Å². The Hall–Kier alpha value is -3.21. The van der Waals surface area contributed by atoms with Crippen molar-refractivity contribution in [3.05, 3.63) is 88.2 Å². The number of nitrogens with zero attached hydrogens (tertiary/aromatic N) is 3. The van der Waals surface area contributed by atoms with Gasteiger partial charge >= 0.3 is 5.97 Å². The van der Waals surface area contributed by atoms with Crippen LogP contribution >= 0.6 is 0 Å². The van der Waals surface area contributed by atoms with E-state index in [1.807, 2.05) is 0 Å². The minimum Gasteiger partial charge on any atom is -0.478 e. The number of aromatic nitrogens is 2. The molecule has 0 saturated carbocycles. The van der Waals surface area contributed by atoms with Gasteiger partial charge in [-0.05, 0) is 59.8 Å². The van der Waals surface area contributed by atoms with Gasteiger partial charge in [0, 0.05) is 12.7 Å². The smallest absolute Gasteiger partial charge is 0.339 e. The van der Waals surface area contributed by atoms with Crippen LogP contribution in [0.4, 0.5) is 5.95 Å². The number of benzene rings is 2. The third kappa shape index (κ3) is 5.30. The highest BCUT2D eigenvalue weighted by Crippen LogP contribution is 2.35. The van der Waals surface area contributed by atoms with Gasteiger partial charge in [-0.2, -0.15) is 0 Å². The molecule has 3 aromatic rings. The zero-order valence-electron chi connectivity index (χ0n) is 20.7. The molecule has 1 aliphatic rings. The number of carbonyl (C=O) groups is 1. The van der Waals surface area contributed by atoms with Crippen LogP contribution in [0.15, 0.2) is 54.7 Å². The van der Waals surface area contributed by atoms with Crippen molar-refractivity contribution in [2.24, 2.45) is 0 Å². The van der Waals surface area contributed by atoms with E-state index in [9.17, 15) is 9.90 Å². The van der Waals surface area contributed by atoms with Crippen molar-refractivity contribution < 1.29 is 9.90 Å². The first-order chi connectivity index (χ1) is 16.3. The summed E-state index contributed by atoms with van der Waals surface area (Å²) in [5, 5.41) is 9.74. The molecule has 0 spiro atoms. The molecule has 2 heterocycles. The van der Waals surface area contributed by atoms with E-state index in [1.165, 1.54) is 28.5 Å². The molecule has 178 valence electrons. The lowest BCUT2D eigenvalue weighted by Gasteiger charge is -2.26. The molecule has 0 aliphatic carbocycles. The summed E-state index contributed by atoms with van der Waals surface area (Å²) >= 11 is 0. The van der Waals surface area contributed by atoms with Crippen molar-refractivity contribution in [1.82, 2.24) is 9.97 Å². The van der Waals surface area contributed by atoms with Gasteiger partial charge in [0.1, 0.15) is 0 Å². The van der Waals surface area contributed by atoms with E-state index in [0.717, 1.165) is 25.8 Å². The topological polar surface area (TPSA) is 66.3 Å². The van der Waals surface area contributed by atoms with Gasteiger partial charge in [0.2, 0.25) is 5.95 Å². The summed E-state index contributed by atoms with van der Waals surface area (Å²) in [6.07, 6.45) is 4.91. The molecular weight excluding hydrogens is 422 g/mol. The molecule has 1 unspecified atom stereocenters. The maximum Gasteiger partial charge on any atom is 0.339 e. The Labute approximate surface area is 202 Å². The van der Waals surface area contributed by atoms with Crippen molar-refractivity contribution in [1.29, 1.82) is 0 Å². The zero-order valence-corrected chi connectivity index (χ0v) is 20.7. The number of carboxylic acids is 1. The molecule has 4 rings (SSSR count). The van der Waals surface area contributed by atoms with Gasteiger partial charge in [0.15, 0.2) is 0 Å². The molecule has 1 fully saturated rings. The quantitative estimate of drug-likeness (QED) is 0.415. The Kier molecular flexibility index (Phi) is 7.30. The average molecular weight is 458 g/mol. The Bertz CT molecular complexity index is 1140. The monoisotopic (exact) mass is 457 g/mol. The van der Waals surface area contributed by atoms with Crippen LogP contribution < -0.4 is 4.90 Å². The minimum atomic E-state index is -0.973. The van der Waals surface area contributed by atoms with Crippen LogP contribution in [0.5, 0.6) is 0 Å². The van der Waals surface area contributed by atoms with Gasteiger partial charge in [-0.3, -0.25) is 0 Å². The van der Waals surface area contributed by atoms with Gasteiger partial charge in [0.05, 0.1) is 17.3 Å². The molecule has 0 bridgehead atoms. The molecule has 34 heavy (non-hydrogen) atoms. The van der Waals surface area contributed by atoms with Gasteiger partial charge in [-0.1, -0.05) is 76.2 Å². The first-order valence-electron chi connectivity index (χ1n) is 12.4. The zero-order chi connectivity index (χ0) is 24.2. The lowest BCUT2D eigenvalue weighted by molar-refractivity contribution is 0.0694. The summed E-state index contributed by atoms with van der Waals surface area (Å²) in [6.45, 7) is 9.66. The Morgan fingerprint density at radius 3 is 2.44 bits per heavy atom. The average Bonchev–Trinajstić information content (AvgIpc) is 3.33. The fourth-order valence-electron chi connectivity index (χ4n) is 4.72. The summed E-state index contributed by atoms with van der Waals surface area (Å²) < 4.78 is 0. The Balaban J connectivity index is 1.58. The van der Waals surface area contributed by atoms with Crippen LogP contribution in [-0.2, 0) is 12.8 Å². The molecule has 5 heteroatoms. The van der Waals surface area contributed by atoms with Crippen LogP contribution in [0.3, 0.4) is 0 Å². The second kappa shape index (κ2) is 10.4. The van der Waals surface area contributed by atoms with Crippen molar-refractivity contribution >= 4 is 11.9 Å². The molecule has 2 aromatic carbocycles. The number of aryl methyl sites for hydroxylation is 2. The first-order valence-corrected chi connectivity index (χ1v) is 12.4. The highest BCUT2D eigenvalue weighted by Gasteiger charge is 2.29. The van der Waals surface area contributed by atoms with E-state index in [1.54, 1.807) is 0 Å². The molecule has 5 nitrogen and oxygen atoms in total. The molecule has 0 radical (unpaired) electrons. The molecule has 1 aliphatic heterocycles. The third-order valence-electron chi connectivity index (χ3n) is 6.85. The highest BCUT2D eigenvalue weighted by atomic mass is 16.4. The first kappa shape index (κ1) is 23.9. The molecular formula is C29H35N3O2. The van der Waals surface area contributed by atoms with E-state index in [0.29, 0.717) is 29.9 Å². The second-order valence-electron chi connectivity index (χ2n) is 9.91. The summed E-state index contributed by atoms with van der Waals surface area (Å²) in [5.74, 6) is 0.626. The molecule has 1 aromatic heterocycles. The molecule has 0 amide bonds. The number of hydrogen-bond acceptors (Lipinski definition) is 4. The maximum absolute atomic E-state index is 11.9. The van der Waals surface area contributed by atoms with Crippen LogP contribution in [0.1, 0.15) is 96.7 Å². The van der Waals surface area contributed by atoms with Crippen molar-refractivity contribution in [3.63, 3.8) is 0 Å². The minimum absolute atomic E-state index is 0.195. The Morgan fingerprint density at radius 2 is 1.76 bits per heavy atom. The lowest BCUT2D eigenvalue weighted by atomic mass is 9.97. The fraction of sp³-hybridized carbons (Fsp3) is 0.414. The predicted octanol–water partition coefficient (Wildman–Crippen LogP) is 6.55. The van der Waals surface area contributed by atoms with E-state index >= 15 is 0 Å². The van der Waals surface area contributed by atoms with Gasteiger partial charge < -0.3 is 10.0 Å². The molecule has 1 saturated heterocycles. The fourth-order valence-corrected chi connectivity index (χ4v) is 4.72. The van der Waals surface area contributed by atoms with Crippen LogP contribution in [0, 0.1) is 0 Å². The van der Waals surface area contributed by atoms with Crippen molar-refractivity contribution in [2.75, 3.05) is 11.4 Å². The highest BCUT2D eigenvalue weighted by molar-refractivity contribution is 5.88. The normalized spacial score (nSPS) is 15.9. The summed E-state index contributed by atoms with van der Waals surface area (Å²) in [7, 11) is 0. The van der Waals surface area contributed by atoms with E-state index in [4.69, 9.17) is 4.98 Å². The number of hydrogen-bond donors (Lipinski definition) is 1. The Morgan fingerprint density at radius 1 is 1.03 bits per heavy atom. The van der Waals surface area contributed by atoms with Crippen molar-refractivity contribution in [3.8, 4) is 0 Å². The summed E-state index contributed by atoms with van der Waals surface area (Å²) in [4.78, 5) is 23.4. The molecule has 1 N–H and O–H groups in total. The second-order valence-corrected chi connectivity index (χ2v) is 9.91. The number of carboxylic acid groups (broad SMARTS) is 1. The molecule has 1 atom stereocenters.